The zero-order valence-electron chi connectivity index (χ0n) is 7.00. The molecule has 2 aliphatic heterocycles. The molecule has 0 aromatic rings. The van der Waals surface area contributed by atoms with E-state index in [4.69, 9.17) is 14.2 Å². The standard InChI is InChI=1S/C8H14O3/c1-8-6(3-4-11-8)10-5-7(8)9-2/h6-7H,3-5H2,1-2H3/t6-,7?,8+/m1/s1. The summed E-state index contributed by atoms with van der Waals surface area (Å²) in [6.07, 6.45) is 1.39. The first-order valence-corrected chi connectivity index (χ1v) is 4.05. The number of rotatable bonds is 1. The predicted molar refractivity (Wildman–Crippen MR) is 39.5 cm³/mol. The van der Waals surface area contributed by atoms with Crippen LogP contribution in [0.2, 0.25) is 0 Å². The van der Waals surface area contributed by atoms with E-state index in [1.807, 2.05) is 0 Å². The Balaban J connectivity index is 2.16. The van der Waals surface area contributed by atoms with E-state index >= 15 is 0 Å². The normalized spacial score (nSPS) is 49.6. The number of hydrogen-bond donors (Lipinski definition) is 0. The molecule has 0 aliphatic carbocycles. The predicted octanol–water partition coefficient (Wildman–Crippen LogP) is 0.579. The molecule has 3 heteroatoms. The number of fused-ring (bicyclic) bond motifs is 1. The summed E-state index contributed by atoms with van der Waals surface area (Å²) in [5.41, 5.74) is -0.172. The number of ether oxygens (including phenoxy) is 3. The van der Waals surface area contributed by atoms with Crippen LogP contribution in [0.25, 0.3) is 0 Å². The summed E-state index contributed by atoms with van der Waals surface area (Å²) in [5, 5.41) is 0. The van der Waals surface area contributed by atoms with Crippen LogP contribution in [0.15, 0.2) is 0 Å². The average Bonchev–Trinajstić information content (AvgIpc) is 2.44. The van der Waals surface area contributed by atoms with Gasteiger partial charge in [-0.3, -0.25) is 0 Å². The van der Waals surface area contributed by atoms with E-state index in [0.717, 1.165) is 13.0 Å². The van der Waals surface area contributed by atoms with Crippen LogP contribution >= 0.6 is 0 Å². The molecule has 0 aromatic carbocycles. The quantitative estimate of drug-likeness (QED) is 0.558. The van der Waals surface area contributed by atoms with Crippen LogP contribution in [0.3, 0.4) is 0 Å². The highest BCUT2D eigenvalue weighted by Crippen LogP contribution is 2.38. The Morgan fingerprint density at radius 1 is 1.55 bits per heavy atom. The SMILES string of the molecule is COC1CO[C@@H]2CCO[C@]12C. The molecule has 1 unspecified atom stereocenters. The molecule has 0 saturated carbocycles. The Hall–Kier alpha value is -0.120. The van der Waals surface area contributed by atoms with E-state index < -0.39 is 0 Å². The number of methoxy groups -OCH3 is 1. The molecule has 0 aromatic heterocycles. The van der Waals surface area contributed by atoms with Gasteiger partial charge in [-0.05, 0) is 13.3 Å². The van der Waals surface area contributed by atoms with Crippen molar-refractivity contribution in [2.75, 3.05) is 20.3 Å². The van der Waals surface area contributed by atoms with Crippen LogP contribution in [0.1, 0.15) is 13.3 Å². The number of hydrogen-bond acceptors (Lipinski definition) is 3. The Morgan fingerprint density at radius 2 is 2.36 bits per heavy atom. The fourth-order valence-electron chi connectivity index (χ4n) is 1.99. The van der Waals surface area contributed by atoms with Gasteiger partial charge in [-0.1, -0.05) is 0 Å². The van der Waals surface area contributed by atoms with Crippen molar-refractivity contribution < 1.29 is 14.2 Å². The Labute approximate surface area is 66.6 Å². The summed E-state index contributed by atoms with van der Waals surface area (Å²) in [7, 11) is 1.71. The maximum atomic E-state index is 5.62. The van der Waals surface area contributed by atoms with Crippen LogP contribution in [-0.2, 0) is 14.2 Å². The van der Waals surface area contributed by atoms with E-state index in [-0.39, 0.29) is 17.8 Å². The summed E-state index contributed by atoms with van der Waals surface area (Å²) >= 11 is 0. The monoisotopic (exact) mass is 158 g/mol. The van der Waals surface area contributed by atoms with Crippen molar-refractivity contribution in [1.29, 1.82) is 0 Å². The molecule has 3 nitrogen and oxygen atoms in total. The van der Waals surface area contributed by atoms with E-state index in [9.17, 15) is 0 Å². The van der Waals surface area contributed by atoms with Crippen molar-refractivity contribution in [2.45, 2.75) is 31.2 Å². The second-order valence-corrected chi connectivity index (χ2v) is 3.37. The van der Waals surface area contributed by atoms with Gasteiger partial charge in [0.05, 0.1) is 19.3 Å². The molecule has 0 bridgehead atoms. The molecule has 64 valence electrons. The summed E-state index contributed by atoms with van der Waals surface area (Å²) in [5.74, 6) is 0. The zero-order valence-corrected chi connectivity index (χ0v) is 7.00. The lowest BCUT2D eigenvalue weighted by molar-refractivity contribution is -0.0773. The minimum Gasteiger partial charge on any atom is -0.376 e. The first-order valence-electron chi connectivity index (χ1n) is 4.05. The molecule has 2 fully saturated rings. The highest BCUT2D eigenvalue weighted by Gasteiger charge is 2.52. The Morgan fingerprint density at radius 3 is 3.09 bits per heavy atom. The topological polar surface area (TPSA) is 27.7 Å². The average molecular weight is 158 g/mol. The molecule has 11 heavy (non-hydrogen) atoms. The van der Waals surface area contributed by atoms with Gasteiger partial charge in [0.25, 0.3) is 0 Å². The summed E-state index contributed by atoms with van der Waals surface area (Å²) < 4.78 is 16.4. The molecule has 3 atom stereocenters. The molecule has 0 amide bonds. The maximum Gasteiger partial charge on any atom is 0.120 e. The van der Waals surface area contributed by atoms with Gasteiger partial charge in [0.15, 0.2) is 0 Å². The molecule has 2 heterocycles. The minimum atomic E-state index is -0.172. The van der Waals surface area contributed by atoms with E-state index in [0.29, 0.717) is 6.61 Å². The maximum absolute atomic E-state index is 5.62. The molecular weight excluding hydrogens is 144 g/mol. The van der Waals surface area contributed by atoms with Crippen LogP contribution in [0.5, 0.6) is 0 Å². The molecule has 0 N–H and O–H groups in total. The highest BCUT2D eigenvalue weighted by atomic mass is 16.6. The lowest BCUT2D eigenvalue weighted by Crippen LogP contribution is -2.42. The summed E-state index contributed by atoms with van der Waals surface area (Å²) in [6, 6.07) is 0. The lowest BCUT2D eigenvalue weighted by atomic mass is 9.96. The third-order valence-corrected chi connectivity index (χ3v) is 2.81. The van der Waals surface area contributed by atoms with Crippen LogP contribution < -0.4 is 0 Å². The van der Waals surface area contributed by atoms with Gasteiger partial charge < -0.3 is 14.2 Å². The molecule has 2 saturated heterocycles. The van der Waals surface area contributed by atoms with Gasteiger partial charge >= 0.3 is 0 Å². The van der Waals surface area contributed by atoms with Gasteiger partial charge in [-0.15, -0.1) is 0 Å². The van der Waals surface area contributed by atoms with Gasteiger partial charge in [0.1, 0.15) is 11.7 Å². The molecule has 2 aliphatic rings. The van der Waals surface area contributed by atoms with E-state index in [2.05, 4.69) is 6.92 Å². The van der Waals surface area contributed by atoms with Gasteiger partial charge in [0, 0.05) is 7.11 Å². The molecular formula is C8H14O3. The third-order valence-electron chi connectivity index (χ3n) is 2.81. The first kappa shape index (κ1) is 7.53. The Bertz CT molecular complexity index is 159. The van der Waals surface area contributed by atoms with Crippen LogP contribution in [0, 0.1) is 0 Å². The van der Waals surface area contributed by atoms with Gasteiger partial charge in [-0.25, -0.2) is 0 Å². The molecule has 2 rings (SSSR count). The van der Waals surface area contributed by atoms with E-state index in [1.165, 1.54) is 0 Å². The second-order valence-electron chi connectivity index (χ2n) is 3.37. The highest BCUT2D eigenvalue weighted by molar-refractivity contribution is 5.01. The summed E-state index contributed by atoms with van der Waals surface area (Å²) in [6.45, 7) is 3.56. The van der Waals surface area contributed by atoms with Crippen molar-refractivity contribution in [2.24, 2.45) is 0 Å². The van der Waals surface area contributed by atoms with Crippen LogP contribution in [0.4, 0.5) is 0 Å². The largest absolute Gasteiger partial charge is 0.376 e. The van der Waals surface area contributed by atoms with Gasteiger partial charge in [0.2, 0.25) is 0 Å². The fourth-order valence-corrected chi connectivity index (χ4v) is 1.99. The lowest BCUT2D eigenvalue weighted by Gasteiger charge is -2.26. The van der Waals surface area contributed by atoms with E-state index in [1.54, 1.807) is 7.11 Å². The van der Waals surface area contributed by atoms with Crippen molar-refractivity contribution in [3.8, 4) is 0 Å². The molecule has 0 radical (unpaired) electrons. The first-order chi connectivity index (χ1) is 5.27. The molecule has 0 spiro atoms. The van der Waals surface area contributed by atoms with Crippen molar-refractivity contribution in [1.82, 2.24) is 0 Å². The minimum absolute atomic E-state index is 0.120. The van der Waals surface area contributed by atoms with Crippen molar-refractivity contribution in [3.05, 3.63) is 0 Å². The zero-order chi connectivity index (χ0) is 7.90. The smallest absolute Gasteiger partial charge is 0.120 e. The summed E-state index contributed by atoms with van der Waals surface area (Å²) in [4.78, 5) is 0. The van der Waals surface area contributed by atoms with Gasteiger partial charge in [-0.2, -0.15) is 0 Å². The fraction of sp³-hybridized carbons (Fsp3) is 1.00. The van der Waals surface area contributed by atoms with Crippen molar-refractivity contribution in [3.63, 3.8) is 0 Å². The third kappa shape index (κ3) is 0.916. The van der Waals surface area contributed by atoms with Crippen LogP contribution in [-0.4, -0.2) is 38.1 Å². The van der Waals surface area contributed by atoms with Crippen molar-refractivity contribution >= 4 is 0 Å². The Kier molecular flexibility index (Phi) is 1.67. The second kappa shape index (κ2) is 2.44.